The number of carbonyl (C=O) groups excluding carboxylic acids is 1. The molecule has 0 fully saturated rings. The smallest absolute Gasteiger partial charge is 0.258 e. The quantitative estimate of drug-likeness (QED) is 0.572. The molecule has 0 radical (unpaired) electrons. The number of fused-ring (bicyclic) bond motifs is 1. The maximum Gasteiger partial charge on any atom is 0.258 e. The van der Waals surface area contributed by atoms with Gasteiger partial charge in [0, 0.05) is 6.07 Å². The zero-order valence-corrected chi connectivity index (χ0v) is 17.6. The highest BCUT2D eigenvalue weighted by Gasteiger charge is 2.15. The Kier molecular flexibility index (Phi) is 6.85. The van der Waals surface area contributed by atoms with Crippen LogP contribution in [-0.4, -0.2) is 48.1 Å². The number of nitriles is 1. The van der Waals surface area contributed by atoms with Crippen molar-refractivity contribution in [3.8, 4) is 17.6 Å². The number of aromatic nitrogens is 2. The zero-order chi connectivity index (χ0) is 22.4. The number of likely N-dealkylation sites (N-methyl/N-ethyl adjacent to an activating group) is 1. The molecular weight excluding hydrogens is 398 g/mol. The van der Waals surface area contributed by atoms with Crippen molar-refractivity contribution in [3.05, 3.63) is 58.1 Å². The van der Waals surface area contributed by atoms with E-state index in [-0.39, 0.29) is 24.6 Å². The lowest BCUT2D eigenvalue weighted by molar-refractivity contribution is -0.117. The molecule has 2 N–H and O–H groups in total. The molecule has 160 valence electrons. The SMILES string of the molecule is CCN(CC(=O)Nc1ccccc1C#N)Cc1nc2cc(OC)c(OC)cc2c(=O)[nH]1. The third kappa shape index (κ3) is 4.99. The number of nitrogens with one attached hydrogen (secondary N) is 2. The number of nitrogens with zero attached hydrogens (tertiary/aromatic N) is 3. The second kappa shape index (κ2) is 9.73. The highest BCUT2D eigenvalue weighted by atomic mass is 16.5. The largest absolute Gasteiger partial charge is 0.493 e. The predicted molar refractivity (Wildman–Crippen MR) is 116 cm³/mol. The average molecular weight is 421 g/mol. The molecule has 0 aliphatic heterocycles. The monoisotopic (exact) mass is 421 g/mol. The summed E-state index contributed by atoms with van der Waals surface area (Å²) in [5, 5.41) is 12.3. The van der Waals surface area contributed by atoms with Crippen LogP contribution in [0.15, 0.2) is 41.2 Å². The van der Waals surface area contributed by atoms with E-state index in [0.717, 1.165) is 0 Å². The predicted octanol–water partition coefficient (Wildman–Crippen LogP) is 2.27. The lowest BCUT2D eigenvalue weighted by Crippen LogP contribution is -2.34. The molecule has 1 amide bonds. The third-order valence-electron chi connectivity index (χ3n) is 4.77. The van der Waals surface area contributed by atoms with Gasteiger partial charge in [-0.05, 0) is 24.7 Å². The van der Waals surface area contributed by atoms with E-state index in [4.69, 9.17) is 14.7 Å². The fourth-order valence-electron chi connectivity index (χ4n) is 3.16. The molecule has 3 aromatic rings. The number of hydrogen-bond acceptors (Lipinski definition) is 7. The van der Waals surface area contributed by atoms with E-state index in [1.54, 1.807) is 36.4 Å². The fourth-order valence-corrected chi connectivity index (χ4v) is 3.16. The summed E-state index contributed by atoms with van der Waals surface area (Å²) in [6.07, 6.45) is 0. The number of aromatic amines is 1. The van der Waals surface area contributed by atoms with Crippen molar-refractivity contribution in [1.82, 2.24) is 14.9 Å². The second-order valence-corrected chi connectivity index (χ2v) is 6.75. The Morgan fingerprint density at radius 3 is 2.61 bits per heavy atom. The molecule has 9 nitrogen and oxygen atoms in total. The Morgan fingerprint density at radius 1 is 1.23 bits per heavy atom. The summed E-state index contributed by atoms with van der Waals surface area (Å²) in [7, 11) is 3.01. The Labute approximate surface area is 179 Å². The van der Waals surface area contributed by atoms with Gasteiger partial charge in [-0.2, -0.15) is 5.26 Å². The molecule has 2 aromatic carbocycles. The van der Waals surface area contributed by atoms with Crippen LogP contribution < -0.4 is 20.3 Å². The van der Waals surface area contributed by atoms with Gasteiger partial charge in [-0.1, -0.05) is 19.1 Å². The lowest BCUT2D eigenvalue weighted by Gasteiger charge is -2.19. The van der Waals surface area contributed by atoms with Crippen molar-refractivity contribution >= 4 is 22.5 Å². The molecule has 0 bridgehead atoms. The van der Waals surface area contributed by atoms with E-state index in [1.807, 2.05) is 11.8 Å². The number of benzene rings is 2. The van der Waals surface area contributed by atoms with Crippen LogP contribution in [0, 0.1) is 11.3 Å². The normalized spacial score (nSPS) is 10.7. The Morgan fingerprint density at radius 2 is 1.94 bits per heavy atom. The van der Waals surface area contributed by atoms with Crippen molar-refractivity contribution in [2.45, 2.75) is 13.5 Å². The molecule has 1 heterocycles. The van der Waals surface area contributed by atoms with E-state index in [9.17, 15) is 9.59 Å². The van der Waals surface area contributed by atoms with Crippen molar-refractivity contribution in [1.29, 1.82) is 5.26 Å². The third-order valence-corrected chi connectivity index (χ3v) is 4.77. The standard InChI is InChI=1S/C22H23N5O4/c1-4-27(13-21(28)25-16-8-6-5-7-14(16)11-23)12-20-24-17-10-19(31-3)18(30-2)9-15(17)22(29)26-20/h5-10H,4,12-13H2,1-3H3,(H,25,28)(H,24,26,29). The Bertz CT molecular complexity index is 1200. The Balaban J connectivity index is 1.78. The molecule has 0 saturated carbocycles. The Hall–Kier alpha value is -3.90. The van der Waals surface area contributed by atoms with Gasteiger partial charge in [-0.15, -0.1) is 0 Å². The molecule has 0 aliphatic carbocycles. The summed E-state index contributed by atoms with van der Waals surface area (Å²) < 4.78 is 10.5. The van der Waals surface area contributed by atoms with Crippen molar-refractivity contribution in [2.24, 2.45) is 0 Å². The minimum Gasteiger partial charge on any atom is -0.493 e. The molecule has 0 atom stereocenters. The van der Waals surface area contributed by atoms with Gasteiger partial charge in [0.15, 0.2) is 11.5 Å². The lowest BCUT2D eigenvalue weighted by atomic mass is 10.2. The summed E-state index contributed by atoms with van der Waals surface area (Å²) in [6.45, 7) is 2.80. The average Bonchev–Trinajstić information content (AvgIpc) is 2.78. The van der Waals surface area contributed by atoms with E-state index < -0.39 is 0 Å². The number of rotatable bonds is 8. The number of H-pyrrole nitrogens is 1. The van der Waals surface area contributed by atoms with Crippen LogP contribution in [-0.2, 0) is 11.3 Å². The van der Waals surface area contributed by atoms with Crippen LogP contribution in [0.25, 0.3) is 10.9 Å². The van der Waals surface area contributed by atoms with Gasteiger partial charge < -0.3 is 19.8 Å². The van der Waals surface area contributed by atoms with Gasteiger partial charge in [0.25, 0.3) is 5.56 Å². The van der Waals surface area contributed by atoms with Crippen molar-refractivity contribution in [3.63, 3.8) is 0 Å². The molecule has 1 aromatic heterocycles. The zero-order valence-electron chi connectivity index (χ0n) is 17.6. The molecule has 0 saturated heterocycles. The van der Waals surface area contributed by atoms with Gasteiger partial charge in [0.1, 0.15) is 11.9 Å². The van der Waals surface area contributed by atoms with Crippen LogP contribution in [0.3, 0.4) is 0 Å². The van der Waals surface area contributed by atoms with Crippen LogP contribution >= 0.6 is 0 Å². The van der Waals surface area contributed by atoms with Crippen LogP contribution in [0.4, 0.5) is 5.69 Å². The maximum atomic E-state index is 12.6. The van der Waals surface area contributed by atoms with E-state index in [2.05, 4.69) is 21.4 Å². The van der Waals surface area contributed by atoms with Crippen molar-refractivity contribution in [2.75, 3.05) is 32.6 Å². The maximum absolute atomic E-state index is 12.6. The van der Waals surface area contributed by atoms with Gasteiger partial charge >= 0.3 is 0 Å². The molecule has 31 heavy (non-hydrogen) atoms. The first kappa shape index (κ1) is 21.8. The van der Waals surface area contributed by atoms with Crippen molar-refractivity contribution < 1.29 is 14.3 Å². The number of amides is 1. The van der Waals surface area contributed by atoms with Crippen LogP contribution in [0.1, 0.15) is 18.3 Å². The summed E-state index contributed by atoms with van der Waals surface area (Å²) in [4.78, 5) is 34.2. The molecule has 0 spiro atoms. The molecule has 3 rings (SSSR count). The van der Waals surface area contributed by atoms with Gasteiger partial charge in [0.2, 0.25) is 5.91 Å². The van der Waals surface area contributed by atoms with Gasteiger partial charge in [-0.3, -0.25) is 14.5 Å². The second-order valence-electron chi connectivity index (χ2n) is 6.75. The topological polar surface area (TPSA) is 120 Å². The summed E-state index contributed by atoms with van der Waals surface area (Å²) in [5.74, 6) is 1.08. The number of methoxy groups -OCH3 is 2. The van der Waals surface area contributed by atoms with Crippen LogP contribution in [0.2, 0.25) is 0 Å². The summed E-state index contributed by atoms with van der Waals surface area (Å²) >= 11 is 0. The molecular formula is C22H23N5O4. The molecule has 0 unspecified atom stereocenters. The first-order valence-corrected chi connectivity index (χ1v) is 9.65. The fraction of sp³-hybridized carbons (Fsp3) is 0.273. The number of anilines is 1. The van der Waals surface area contributed by atoms with Gasteiger partial charge in [0.05, 0.1) is 49.5 Å². The van der Waals surface area contributed by atoms with E-state index in [1.165, 1.54) is 14.2 Å². The molecule has 0 aliphatic rings. The van der Waals surface area contributed by atoms with Crippen LogP contribution in [0.5, 0.6) is 11.5 Å². The highest BCUT2D eigenvalue weighted by molar-refractivity contribution is 5.93. The highest BCUT2D eigenvalue weighted by Crippen LogP contribution is 2.29. The minimum absolute atomic E-state index is 0.0734. The van der Waals surface area contributed by atoms with E-state index >= 15 is 0 Å². The minimum atomic E-state index is -0.301. The molecule has 9 heteroatoms. The first-order valence-electron chi connectivity index (χ1n) is 9.65. The number of hydrogen-bond donors (Lipinski definition) is 2. The first-order chi connectivity index (χ1) is 15.0. The number of ether oxygens (including phenoxy) is 2. The van der Waals surface area contributed by atoms with E-state index in [0.29, 0.717) is 46.0 Å². The summed E-state index contributed by atoms with van der Waals surface area (Å²) in [6, 6.07) is 12.1. The number of carbonyl (C=O) groups is 1. The summed E-state index contributed by atoms with van der Waals surface area (Å²) in [5.41, 5.74) is 1.03. The number of para-hydroxylation sites is 1. The van der Waals surface area contributed by atoms with Gasteiger partial charge in [-0.25, -0.2) is 4.98 Å².